The summed E-state index contributed by atoms with van der Waals surface area (Å²) in [5.41, 5.74) is 7.58. The average Bonchev–Trinajstić information content (AvgIpc) is 3.02. The molecule has 0 spiro atoms. The summed E-state index contributed by atoms with van der Waals surface area (Å²) in [5.74, 6) is 0.434. The van der Waals surface area contributed by atoms with Crippen LogP contribution in [0.15, 0.2) is 48.5 Å². The maximum absolute atomic E-state index is 4.62. The molecule has 1 aliphatic rings. The first kappa shape index (κ1) is 17.0. The van der Waals surface area contributed by atoms with Gasteiger partial charge in [0.2, 0.25) is 0 Å². The zero-order valence-corrected chi connectivity index (χ0v) is 16.3. The number of fused-ring (bicyclic) bond motifs is 5. The molecule has 0 saturated carbocycles. The summed E-state index contributed by atoms with van der Waals surface area (Å²) in [4.78, 5) is 0. The van der Waals surface area contributed by atoms with Gasteiger partial charge in [-0.2, -0.15) is 0 Å². The Balaban J connectivity index is 2.11. The Hall–Kier alpha value is -2.42. The molecular weight excluding hydrogens is 318 g/mol. The first-order chi connectivity index (χ1) is 12.4. The molecule has 1 atom stereocenters. The van der Waals surface area contributed by atoms with Crippen LogP contribution in [-0.2, 0) is 6.42 Å². The van der Waals surface area contributed by atoms with E-state index in [1.807, 2.05) is 0 Å². The van der Waals surface area contributed by atoms with Crippen LogP contribution < -0.4 is 0 Å². The summed E-state index contributed by atoms with van der Waals surface area (Å²) in [6.45, 7) is 11.4. The van der Waals surface area contributed by atoms with Gasteiger partial charge in [-0.1, -0.05) is 74.5 Å². The Bertz CT molecular complexity index is 944. The molecule has 3 heteroatoms. The van der Waals surface area contributed by atoms with Gasteiger partial charge in [-0.3, -0.25) is 0 Å². The summed E-state index contributed by atoms with van der Waals surface area (Å²) in [6.07, 6.45) is 1.02. The number of benzene rings is 2. The van der Waals surface area contributed by atoms with Crippen molar-refractivity contribution in [2.45, 2.75) is 53.0 Å². The molecule has 0 bridgehead atoms. The molecule has 26 heavy (non-hydrogen) atoms. The Morgan fingerprint density at radius 3 is 2.31 bits per heavy atom. The summed E-state index contributed by atoms with van der Waals surface area (Å²) in [5, 5.41) is 9.15. The standard InChI is InChI=1S/C23H27N3/c1-15(2)26-22-19-13-9-8-12-18(19)20(23(3,4)5)14-16-10-6-7-11-17(16)21(22)24-25-26/h6-13,15,20H,14H2,1-5H3. The van der Waals surface area contributed by atoms with Gasteiger partial charge in [0.15, 0.2) is 0 Å². The fourth-order valence-corrected chi connectivity index (χ4v) is 4.14. The lowest BCUT2D eigenvalue weighted by molar-refractivity contribution is 0.318. The van der Waals surface area contributed by atoms with Crippen molar-refractivity contribution in [3.8, 4) is 22.5 Å². The van der Waals surface area contributed by atoms with E-state index < -0.39 is 0 Å². The second kappa shape index (κ2) is 6.08. The Kier molecular flexibility index (Phi) is 3.98. The molecule has 0 saturated heterocycles. The third kappa shape index (κ3) is 2.66. The van der Waals surface area contributed by atoms with E-state index in [0.717, 1.165) is 17.8 Å². The lowest BCUT2D eigenvalue weighted by Gasteiger charge is -2.34. The second-order valence-corrected chi connectivity index (χ2v) is 8.69. The molecule has 0 N–H and O–H groups in total. The van der Waals surface area contributed by atoms with E-state index in [0.29, 0.717) is 5.92 Å². The summed E-state index contributed by atoms with van der Waals surface area (Å²) < 4.78 is 2.08. The van der Waals surface area contributed by atoms with Crippen LogP contribution >= 0.6 is 0 Å². The molecule has 1 heterocycles. The van der Waals surface area contributed by atoms with Crippen LogP contribution in [0.4, 0.5) is 0 Å². The van der Waals surface area contributed by atoms with E-state index in [4.69, 9.17) is 0 Å². The van der Waals surface area contributed by atoms with E-state index >= 15 is 0 Å². The van der Waals surface area contributed by atoms with Crippen molar-refractivity contribution in [3.63, 3.8) is 0 Å². The second-order valence-electron chi connectivity index (χ2n) is 8.69. The van der Waals surface area contributed by atoms with Crippen LogP contribution in [0.1, 0.15) is 57.7 Å². The molecule has 134 valence electrons. The van der Waals surface area contributed by atoms with E-state index in [9.17, 15) is 0 Å². The maximum Gasteiger partial charge on any atom is 0.121 e. The van der Waals surface area contributed by atoms with E-state index in [2.05, 4.69) is 98.1 Å². The third-order valence-corrected chi connectivity index (χ3v) is 5.52. The maximum atomic E-state index is 4.62. The Labute approximate surface area is 156 Å². The minimum atomic E-state index is 0.164. The number of hydrogen-bond donors (Lipinski definition) is 0. The lowest BCUT2D eigenvalue weighted by atomic mass is 9.70. The summed E-state index contributed by atoms with van der Waals surface area (Å²) >= 11 is 0. The zero-order chi connectivity index (χ0) is 18.5. The zero-order valence-electron chi connectivity index (χ0n) is 16.3. The van der Waals surface area contributed by atoms with Gasteiger partial charge in [0.05, 0.1) is 5.69 Å². The van der Waals surface area contributed by atoms with Crippen molar-refractivity contribution in [3.05, 3.63) is 59.7 Å². The molecule has 0 aliphatic heterocycles. The molecule has 3 aromatic rings. The molecule has 1 unspecified atom stereocenters. The fourth-order valence-electron chi connectivity index (χ4n) is 4.14. The molecule has 1 aliphatic carbocycles. The topological polar surface area (TPSA) is 30.7 Å². The average molecular weight is 345 g/mol. The Morgan fingerprint density at radius 1 is 0.962 bits per heavy atom. The predicted octanol–water partition coefficient (Wildman–Crippen LogP) is 5.88. The lowest BCUT2D eigenvalue weighted by Crippen LogP contribution is -2.23. The van der Waals surface area contributed by atoms with Crippen LogP contribution in [0, 0.1) is 5.41 Å². The molecular formula is C23H27N3. The third-order valence-electron chi connectivity index (χ3n) is 5.52. The fraction of sp³-hybridized carbons (Fsp3) is 0.391. The highest BCUT2D eigenvalue weighted by Crippen LogP contribution is 2.47. The van der Waals surface area contributed by atoms with Crippen LogP contribution in [0.5, 0.6) is 0 Å². The summed E-state index contributed by atoms with van der Waals surface area (Å²) in [6, 6.07) is 17.8. The van der Waals surface area contributed by atoms with Gasteiger partial charge in [-0.05, 0) is 42.7 Å². The molecule has 0 radical (unpaired) electrons. The summed E-state index contributed by atoms with van der Waals surface area (Å²) in [7, 11) is 0. The van der Waals surface area contributed by atoms with Crippen molar-refractivity contribution in [1.82, 2.24) is 15.0 Å². The number of hydrogen-bond acceptors (Lipinski definition) is 2. The van der Waals surface area contributed by atoms with Crippen molar-refractivity contribution in [2.24, 2.45) is 5.41 Å². The quantitative estimate of drug-likeness (QED) is 0.551. The molecule has 1 aromatic heterocycles. The van der Waals surface area contributed by atoms with E-state index in [-0.39, 0.29) is 11.5 Å². The van der Waals surface area contributed by atoms with E-state index in [1.165, 1.54) is 22.3 Å². The van der Waals surface area contributed by atoms with Gasteiger partial charge >= 0.3 is 0 Å². The van der Waals surface area contributed by atoms with Gasteiger partial charge < -0.3 is 0 Å². The highest BCUT2D eigenvalue weighted by molar-refractivity contribution is 5.82. The van der Waals surface area contributed by atoms with Gasteiger partial charge in [-0.25, -0.2) is 4.68 Å². The van der Waals surface area contributed by atoms with Crippen LogP contribution in [0.3, 0.4) is 0 Å². The van der Waals surface area contributed by atoms with E-state index in [1.54, 1.807) is 0 Å². The predicted molar refractivity (Wildman–Crippen MR) is 107 cm³/mol. The number of rotatable bonds is 1. The monoisotopic (exact) mass is 345 g/mol. The van der Waals surface area contributed by atoms with Crippen LogP contribution in [0.2, 0.25) is 0 Å². The number of aromatic nitrogens is 3. The van der Waals surface area contributed by atoms with Crippen LogP contribution in [0.25, 0.3) is 22.5 Å². The van der Waals surface area contributed by atoms with Gasteiger partial charge in [0, 0.05) is 17.2 Å². The van der Waals surface area contributed by atoms with Crippen molar-refractivity contribution < 1.29 is 0 Å². The van der Waals surface area contributed by atoms with Gasteiger partial charge in [0.1, 0.15) is 5.69 Å². The van der Waals surface area contributed by atoms with Gasteiger partial charge in [0.25, 0.3) is 0 Å². The van der Waals surface area contributed by atoms with Gasteiger partial charge in [-0.15, -0.1) is 5.10 Å². The van der Waals surface area contributed by atoms with Crippen molar-refractivity contribution in [2.75, 3.05) is 0 Å². The minimum Gasteiger partial charge on any atom is -0.242 e. The molecule has 0 amide bonds. The van der Waals surface area contributed by atoms with Crippen molar-refractivity contribution in [1.29, 1.82) is 0 Å². The highest BCUT2D eigenvalue weighted by atomic mass is 15.4. The molecule has 4 rings (SSSR count). The molecule has 2 aromatic carbocycles. The highest BCUT2D eigenvalue weighted by Gasteiger charge is 2.33. The Morgan fingerprint density at radius 2 is 1.62 bits per heavy atom. The normalized spacial score (nSPS) is 16.5. The van der Waals surface area contributed by atoms with Crippen molar-refractivity contribution >= 4 is 0 Å². The molecule has 0 fully saturated rings. The molecule has 3 nitrogen and oxygen atoms in total. The smallest absolute Gasteiger partial charge is 0.121 e. The SMILES string of the molecule is CC(C)n1nnc2c1-c1ccccc1C(C(C)(C)C)Cc1ccccc1-2. The first-order valence-corrected chi connectivity index (χ1v) is 9.50. The van der Waals surface area contributed by atoms with Crippen LogP contribution in [-0.4, -0.2) is 15.0 Å². The largest absolute Gasteiger partial charge is 0.242 e. The minimum absolute atomic E-state index is 0.164. The first-order valence-electron chi connectivity index (χ1n) is 9.50. The number of nitrogens with zero attached hydrogens (tertiary/aromatic N) is 3.